The number of benzene rings is 1. The number of aliphatic imine (C=N–C) groups is 1. The van der Waals surface area contributed by atoms with E-state index in [1.165, 1.54) is 11.8 Å². The standard InChI is InChI=1S/C21H25N3O2S/c1-6-22-21-23(7-2)20(25)19(27-21)13-16-12-14(3)24(15(16)4)17-8-10-18(26-5)11-9-17/h8-13H,6-7H2,1-5H3/b19-13+,22-21?. The number of aryl methyl sites for hydroxylation is 1. The smallest absolute Gasteiger partial charge is 0.266 e. The van der Waals surface area contributed by atoms with Crippen LogP contribution in [0.4, 0.5) is 0 Å². The van der Waals surface area contributed by atoms with Crippen molar-refractivity contribution in [1.82, 2.24) is 9.47 Å². The first-order chi connectivity index (χ1) is 13.0. The summed E-state index contributed by atoms with van der Waals surface area (Å²) in [5, 5.41) is 0.792. The van der Waals surface area contributed by atoms with Crippen molar-refractivity contribution in [2.45, 2.75) is 27.7 Å². The Bertz CT molecular complexity index is 910. The Morgan fingerprint density at radius 2 is 1.89 bits per heavy atom. The van der Waals surface area contributed by atoms with Gasteiger partial charge in [0.25, 0.3) is 5.91 Å². The number of aromatic nitrogens is 1. The van der Waals surface area contributed by atoms with Gasteiger partial charge in [0.05, 0.1) is 12.0 Å². The Balaban J connectivity index is 1.98. The summed E-state index contributed by atoms with van der Waals surface area (Å²) >= 11 is 1.46. The lowest BCUT2D eigenvalue weighted by atomic mass is 10.2. The van der Waals surface area contributed by atoms with Crippen molar-refractivity contribution < 1.29 is 9.53 Å². The number of hydrogen-bond acceptors (Lipinski definition) is 4. The van der Waals surface area contributed by atoms with Gasteiger partial charge in [-0.1, -0.05) is 0 Å². The minimum absolute atomic E-state index is 0.0314. The summed E-state index contributed by atoms with van der Waals surface area (Å²) in [6, 6.07) is 10.1. The third-order valence-corrected chi connectivity index (χ3v) is 5.63. The van der Waals surface area contributed by atoms with Gasteiger partial charge in [-0.15, -0.1) is 0 Å². The zero-order valence-electron chi connectivity index (χ0n) is 16.4. The SMILES string of the molecule is CCN=C1S/C(=C/c2cc(C)n(-c3ccc(OC)cc3)c2C)C(=O)N1CC. The van der Waals surface area contributed by atoms with Crippen molar-refractivity contribution in [1.29, 1.82) is 0 Å². The Morgan fingerprint density at radius 1 is 1.19 bits per heavy atom. The molecule has 3 rings (SSSR count). The Kier molecular flexibility index (Phi) is 5.75. The molecule has 0 aliphatic carbocycles. The van der Waals surface area contributed by atoms with Crippen LogP contribution in [0.25, 0.3) is 11.8 Å². The van der Waals surface area contributed by atoms with Crippen LogP contribution >= 0.6 is 11.8 Å². The van der Waals surface area contributed by atoms with Crippen molar-refractivity contribution >= 4 is 28.9 Å². The molecule has 0 atom stereocenters. The Morgan fingerprint density at radius 3 is 2.48 bits per heavy atom. The van der Waals surface area contributed by atoms with Gasteiger partial charge < -0.3 is 9.30 Å². The minimum Gasteiger partial charge on any atom is -0.497 e. The molecule has 5 nitrogen and oxygen atoms in total. The normalized spacial score (nSPS) is 17.4. The molecule has 1 saturated heterocycles. The van der Waals surface area contributed by atoms with Crippen LogP contribution in [-0.4, -0.2) is 40.7 Å². The number of methoxy groups -OCH3 is 1. The molecule has 142 valence electrons. The molecule has 1 amide bonds. The van der Waals surface area contributed by atoms with Gasteiger partial charge in [-0.3, -0.25) is 14.7 Å². The maximum Gasteiger partial charge on any atom is 0.266 e. The molecule has 1 aliphatic heterocycles. The van der Waals surface area contributed by atoms with Gasteiger partial charge in [0.1, 0.15) is 5.75 Å². The van der Waals surface area contributed by atoms with Crippen LogP contribution in [0, 0.1) is 13.8 Å². The second-order valence-electron chi connectivity index (χ2n) is 6.28. The van der Waals surface area contributed by atoms with Gasteiger partial charge in [0.2, 0.25) is 0 Å². The highest BCUT2D eigenvalue weighted by Crippen LogP contribution is 2.34. The summed E-state index contributed by atoms with van der Waals surface area (Å²) in [6.07, 6.45) is 1.98. The van der Waals surface area contributed by atoms with Gasteiger partial charge in [-0.2, -0.15) is 0 Å². The van der Waals surface area contributed by atoms with E-state index in [0.29, 0.717) is 13.1 Å². The van der Waals surface area contributed by atoms with E-state index >= 15 is 0 Å². The number of nitrogens with zero attached hydrogens (tertiary/aromatic N) is 3. The number of thioether (sulfide) groups is 1. The van der Waals surface area contributed by atoms with Gasteiger partial charge in [0.15, 0.2) is 5.17 Å². The zero-order chi connectivity index (χ0) is 19.6. The number of amides is 1. The van der Waals surface area contributed by atoms with Crippen LogP contribution in [0.15, 0.2) is 40.2 Å². The van der Waals surface area contributed by atoms with E-state index in [9.17, 15) is 4.79 Å². The molecule has 0 N–H and O–H groups in total. The van der Waals surface area contributed by atoms with Gasteiger partial charge in [0, 0.05) is 30.2 Å². The molecule has 1 aliphatic rings. The number of carbonyl (C=O) groups excluding carboxylic acids is 1. The monoisotopic (exact) mass is 383 g/mol. The number of ether oxygens (including phenoxy) is 1. The lowest BCUT2D eigenvalue weighted by molar-refractivity contribution is -0.122. The summed E-state index contributed by atoms with van der Waals surface area (Å²) in [5.74, 6) is 0.864. The summed E-state index contributed by atoms with van der Waals surface area (Å²) in [7, 11) is 1.66. The average molecular weight is 384 g/mol. The number of likely N-dealkylation sites (N-methyl/N-ethyl adjacent to an activating group) is 1. The molecule has 0 bridgehead atoms. The second-order valence-corrected chi connectivity index (χ2v) is 7.29. The molecule has 27 heavy (non-hydrogen) atoms. The summed E-state index contributed by atoms with van der Waals surface area (Å²) in [4.78, 5) is 19.6. The van der Waals surface area contributed by atoms with E-state index in [1.807, 2.05) is 44.2 Å². The van der Waals surface area contributed by atoms with E-state index in [2.05, 4.69) is 29.5 Å². The molecule has 0 unspecified atom stereocenters. The fraction of sp³-hybridized carbons (Fsp3) is 0.333. The molecular weight excluding hydrogens is 358 g/mol. The van der Waals surface area contributed by atoms with Gasteiger partial charge in [-0.25, -0.2) is 0 Å². The fourth-order valence-electron chi connectivity index (χ4n) is 3.24. The van der Waals surface area contributed by atoms with Crippen molar-refractivity contribution in [2.24, 2.45) is 4.99 Å². The number of rotatable bonds is 5. The maximum atomic E-state index is 12.7. The molecule has 1 fully saturated rings. The lowest BCUT2D eigenvalue weighted by Crippen LogP contribution is -2.28. The van der Waals surface area contributed by atoms with E-state index < -0.39 is 0 Å². The van der Waals surface area contributed by atoms with Crippen LogP contribution in [0.1, 0.15) is 30.8 Å². The zero-order valence-corrected chi connectivity index (χ0v) is 17.3. The van der Waals surface area contributed by atoms with E-state index in [1.54, 1.807) is 12.0 Å². The Labute approximate surface area is 164 Å². The number of carbonyl (C=O) groups is 1. The molecule has 0 saturated carbocycles. The quantitative estimate of drug-likeness (QED) is 0.718. The van der Waals surface area contributed by atoms with Crippen LogP contribution in [0.5, 0.6) is 5.75 Å². The van der Waals surface area contributed by atoms with Gasteiger partial charge >= 0.3 is 0 Å². The third kappa shape index (κ3) is 3.67. The molecule has 2 aromatic rings. The van der Waals surface area contributed by atoms with Crippen LogP contribution in [-0.2, 0) is 4.79 Å². The van der Waals surface area contributed by atoms with Crippen molar-refractivity contribution in [3.05, 3.63) is 52.2 Å². The summed E-state index contributed by atoms with van der Waals surface area (Å²) < 4.78 is 7.44. The molecule has 1 aromatic carbocycles. The van der Waals surface area contributed by atoms with Crippen molar-refractivity contribution in [3.8, 4) is 11.4 Å². The largest absolute Gasteiger partial charge is 0.497 e. The topological polar surface area (TPSA) is 46.8 Å². The van der Waals surface area contributed by atoms with Gasteiger partial charge in [-0.05, 0) is 81.4 Å². The molecular formula is C21H25N3O2S. The average Bonchev–Trinajstić information content (AvgIpc) is 3.11. The Hall–Kier alpha value is -2.47. The molecule has 1 aromatic heterocycles. The van der Waals surface area contributed by atoms with E-state index in [-0.39, 0.29) is 5.91 Å². The van der Waals surface area contributed by atoms with Crippen LogP contribution in [0.2, 0.25) is 0 Å². The van der Waals surface area contributed by atoms with E-state index in [0.717, 1.165) is 38.5 Å². The summed E-state index contributed by atoms with van der Waals surface area (Å²) in [5.41, 5.74) is 4.34. The van der Waals surface area contributed by atoms with Crippen LogP contribution in [0.3, 0.4) is 0 Å². The first-order valence-electron chi connectivity index (χ1n) is 9.09. The first-order valence-corrected chi connectivity index (χ1v) is 9.91. The highest BCUT2D eigenvalue weighted by atomic mass is 32.2. The van der Waals surface area contributed by atoms with E-state index in [4.69, 9.17) is 4.74 Å². The fourth-order valence-corrected chi connectivity index (χ4v) is 4.34. The lowest BCUT2D eigenvalue weighted by Gasteiger charge is -2.11. The highest BCUT2D eigenvalue weighted by molar-refractivity contribution is 8.18. The first kappa shape index (κ1) is 19.3. The maximum absolute atomic E-state index is 12.7. The molecule has 0 radical (unpaired) electrons. The second kappa shape index (κ2) is 8.05. The highest BCUT2D eigenvalue weighted by Gasteiger charge is 2.32. The molecule has 0 spiro atoms. The van der Waals surface area contributed by atoms with Crippen LogP contribution < -0.4 is 4.74 Å². The van der Waals surface area contributed by atoms with Crippen molar-refractivity contribution in [3.63, 3.8) is 0 Å². The molecule has 2 heterocycles. The predicted octanol–water partition coefficient (Wildman–Crippen LogP) is 4.41. The summed E-state index contributed by atoms with van der Waals surface area (Å²) in [6.45, 7) is 9.41. The minimum atomic E-state index is 0.0314. The van der Waals surface area contributed by atoms with Crippen molar-refractivity contribution in [2.75, 3.05) is 20.2 Å². The molecule has 6 heteroatoms. The number of hydrogen-bond donors (Lipinski definition) is 0. The predicted molar refractivity (Wildman–Crippen MR) is 113 cm³/mol. The third-order valence-electron chi connectivity index (χ3n) is 4.59. The number of amidine groups is 1.